The van der Waals surface area contributed by atoms with Crippen LogP contribution in [0.15, 0.2) is 61.8 Å². The fraction of sp³-hybridized carbons (Fsp3) is 0.0526. The first kappa shape index (κ1) is 17.7. The van der Waals surface area contributed by atoms with Gasteiger partial charge in [0.15, 0.2) is 5.75 Å². The molecule has 0 aromatic carbocycles. The molecule has 0 bridgehead atoms. The maximum atomic E-state index is 11.4. The van der Waals surface area contributed by atoms with Crippen LogP contribution in [-0.4, -0.2) is 30.3 Å². The normalized spacial score (nSPS) is 10.8. The fourth-order valence-electron chi connectivity index (χ4n) is 2.67. The van der Waals surface area contributed by atoms with Crippen LogP contribution in [0.1, 0.15) is 0 Å². The van der Waals surface area contributed by atoms with E-state index in [4.69, 9.17) is 16.3 Å². The molecule has 1 amide bonds. The van der Waals surface area contributed by atoms with Crippen molar-refractivity contribution in [1.82, 2.24) is 24.4 Å². The number of aryl methyl sites for hydroxylation is 1. The zero-order valence-electron chi connectivity index (χ0n) is 14.8. The highest BCUT2D eigenvalue weighted by atomic mass is 35.5. The van der Waals surface area contributed by atoms with E-state index in [1.807, 2.05) is 25.5 Å². The van der Waals surface area contributed by atoms with Gasteiger partial charge in [-0.3, -0.25) is 9.48 Å². The second-order valence-electron chi connectivity index (χ2n) is 5.96. The van der Waals surface area contributed by atoms with Crippen molar-refractivity contribution in [3.63, 3.8) is 0 Å². The third kappa shape index (κ3) is 3.45. The van der Waals surface area contributed by atoms with Gasteiger partial charge in [-0.05, 0) is 24.3 Å². The second-order valence-corrected chi connectivity index (χ2v) is 6.36. The standard InChI is InChI=1S/C19H15ClN6O2/c1-3-18(27)24-17-5-4-14(8-21-17)28-16-6-12(13-7-22-25(2)10-13)11-26-19(16)15(20)9-23-26/h3-11H,1H2,2H3,(H,21,24,27). The summed E-state index contributed by atoms with van der Waals surface area (Å²) in [5.41, 5.74) is 2.43. The number of carbonyl (C=O) groups excluding carboxylic acids is 1. The minimum atomic E-state index is -0.335. The van der Waals surface area contributed by atoms with Gasteiger partial charge in [0.1, 0.15) is 17.1 Å². The summed E-state index contributed by atoms with van der Waals surface area (Å²) < 4.78 is 9.40. The first-order valence-corrected chi connectivity index (χ1v) is 8.64. The van der Waals surface area contributed by atoms with Crippen molar-refractivity contribution in [2.75, 3.05) is 5.32 Å². The number of rotatable bonds is 5. The number of halogens is 1. The van der Waals surface area contributed by atoms with Crippen molar-refractivity contribution in [1.29, 1.82) is 0 Å². The van der Waals surface area contributed by atoms with E-state index in [0.717, 1.165) is 11.1 Å². The molecule has 0 aliphatic rings. The number of fused-ring (bicyclic) bond motifs is 1. The lowest BCUT2D eigenvalue weighted by Gasteiger charge is -2.10. The van der Waals surface area contributed by atoms with E-state index in [9.17, 15) is 4.79 Å². The number of pyridine rings is 2. The molecule has 9 heteroatoms. The van der Waals surface area contributed by atoms with E-state index in [2.05, 4.69) is 27.1 Å². The van der Waals surface area contributed by atoms with Gasteiger partial charge < -0.3 is 10.1 Å². The Balaban J connectivity index is 1.70. The molecule has 4 aromatic heterocycles. The predicted molar refractivity (Wildman–Crippen MR) is 106 cm³/mol. The maximum Gasteiger partial charge on any atom is 0.248 e. The van der Waals surface area contributed by atoms with Gasteiger partial charge in [-0.15, -0.1) is 0 Å². The fourth-order valence-corrected chi connectivity index (χ4v) is 2.90. The quantitative estimate of drug-likeness (QED) is 0.521. The average molecular weight is 395 g/mol. The van der Waals surface area contributed by atoms with Crippen LogP contribution in [0, 0.1) is 0 Å². The number of amides is 1. The monoisotopic (exact) mass is 394 g/mol. The molecular formula is C19H15ClN6O2. The van der Waals surface area contributed by atoms with E-state index in [1.165, 1.54) is 12.3 Å². The van der Waals surface area contributed by atoms with Crippen molar-refractivity contribution >= 4 is 28.8 Å². The Bertz CT molecular complexity index is 1180. The van der Waals surface area contributed by atoms with Crippen molar-refractivity contribution < 1.29 is 9.53 Å². The zero-order valence-corrected chi connectivity index (χ0v) is 15.6. The van der Waals surface area contributed by atoms with Gasteiger partial charge >= 0.3 is 0 Å². The lowest BCUT2D eigenvalue weighted by molar-refractivity contribution is -0.111. The molecule has 0 fully saturated rings. The third-order valence-corrected chi connectivity index (χ3v) is 4.25. The number of hydrogen-bond acceptors (Lipinski definition) is 5. The Morgan fingerprint density at radius 2 is 2.07 bits per heavy atom. The molecule has 0 aliphatic carbocycles. The minimum Gasteiger partial charge on any atom is -0.453 e. The van der Waals surface area contributed by atoms with Crippen molar-refractivity contribution in [2.24, 2.45) is 7.05 Å². The summed E-state index contributed by atoms with van der Waals surface area (Å²) in [6, 6.07) is 5.20. The topological polar surface area (TPSA) is 86.3 Å². The molecule has 1 N–H and O–H groups in total. The van der Waals surface area contributed by atoms with Gasteiger partial charge in [0.25, 0.3) is 0 Å². The molecule has 0 saturated heterocycles. The highest BCUT2D eigenvalue weighted by Gasteiger charge is 2.14. The Morgan fingerprint density at radius 1 is 1.21 bits per heavy atom. The molecule has 0 radical (unpaired) electrons. The summed E-state index contributed by atoms with van der Waals surface area (Å²) in [4.78, 5) is 15.5. The minimum absolute atomic E-state index is 0.335. The number of nitrogens with zero attached hydrogens (tertiary/aromatic N) is 5. The van der Waals surface area contributed by atoms with Crippen LogP contribution in [0.2, 0.25) is 5.02 Å². The molecule has 0 atom stereocenters. The number of nitrogens with one attached hydrogen (secondary N) is 1. The Labute approximate surface area is 165 Å². The Hall–Kier alpha value is -3.65. The van der Waals surface area contributed by atoms with Gasteiger partial charge in [0.05, 0.1) is 23.6 Å². The van der Waals surface area contributed by atoms with Gasteiger partial charge in [0, 0.05) is 30.6 Å². The van der Waals surface area contributed by atoms with Crippen LogP contribution in [0.25, 0.3) is 16.6 Å². The van der Waals surface area contributed by atoms with Crippen LogP contribution in [0.5, 0.6) is 11.5 Å². The van der Waals surface area contributed by atoms with Crippen LogP contribution in [0.3, 0.4) is 0 Å². The van der Waals surface area contributed by atoms with Crippen molar-refractivity contribution in [2.45, 2.75) is 0 Å². The highest BCUT2D eigenvalue weighted by molar-refractivity contribution is 6.34. The first-order valence-electron chi connectivity index (χ1n) is 8.27. The maximum absolute atomic E-state index is 11.4. The number of anilines is 1. The molecule has 28 heavy (non-hydrogen) atoms. The second kappa shape index (κ2) is 7.16. The van der Waals surface area contributed by atoms with Crippen molar-refractivity contribution in [3.05, 3.63) is 66.9 Å². The van der Waals surface area contributed by atoms with Gasteiger partial charge in [-0.2, -0.15) is 10.2 Å². The molecular weight excluding hydrogens is 380 g/mol. The SMILES string of the molecule is C=CC(=O)Nc1ccc(Oc2cc(-c3cnn(C)c3)cn3ncc(Cl)c23)cn1. The summed E-state index contributed by atoms with van der Waals surface area (Å²) in [7, 11) is 1.85. The lowest BCUT2D eigenvalue weighted by Crippen LogP contribution is -2.08. The molecule has 4 heterocycles. The van der Waals surface area contributed by atoms with E-state index >= 15 is 0 Å². The summed E-state index contributed by atoms with van der Waals surface area (Å²) in [5, 5.41) is 11.5. The zero-order chi connectivity index (χ0) is 19.7. The molecule has 0 spiro atoms. The molecule has 4 rings (SSSR count). The molecule has 8 nitrogen and oxygen atoms in total. The first-order chi connectivity index (χ1) is 13.5. The number of ether oxygens (including phenoxy) is 1. The average Bonchev–Trinajstić information content (AvgIpc) is 3.29. The van der Waals surface area contributed by atoms with E-state index < -0.39 is 0 Å². The summed E-state index contributed by atoms with van der Waals surface area (Å²) >= 11 is 6.29. The van der Waals surface area contributed by atoms with Crippen LogP contribution >= 0.6 is 11.6 Å². The third-order valence-electron chi connectivity index (χ3n) is 3.97. The predicted octanol–water partition coefficient (Wildman–Crippen LogP) is 3.70. The van der Waals surface area contributed by atoms with Gasteiger partial charge in [0.2, 0.25) is 5.91 Å². The summed E-state index contributed by atoms with van der Waals surface area (Å²) in [6.45, 7) is 3.41. The number of aromatic nitrogens is 5. The Kier molecular flexibility index (Phi) is 4.54. The Morgan fingerprint density at radius 3 is 2.75 bits per heavy atom. The number of hydrogen-bond donors (Lipinski definition) is 1. The molecule has 0 unspecified atom stereocenters. The van der Waals surface area contributed by atoms with E-state index in [1.54, 1.807) is 33.7 Å². The summed E-state index contributed by atoms with van der Waals surface area (Å²) in [5.74, 6) is 1.07. The molecule has 0 aliphatic heterocycles. The molecule has 140 valence electrons. The molecule has 4 aromatic rings. The van der Waals surface area contributed by atoms with Crippen LogP contribution in [0.4, 0.5) is 5.82 Å². The van der Waals surface area contributed by atoms with E-state index in [0.29, 0.717) is 27.9 Å². The van der Waals surface area contributed by atoms with Crippen molar-refractivity contribution in [3.8, 4) is 22.6 Å². The van der Waals surface area contributed by atoms with Gasteiger partial charge in [-0.1, -0.05) is 18.2 Å². The van der Waals surface area contributed by atoms with Gasteiger partial charge in [-0.25, -0.2) is 9.50 Å². The largest absolute Gasteiger partial charge is 0.453 e. The summed E-state index contributed by atoms with van der Waals surface area (Å²) in [6.07, 6.45) is 9.76. The molecule has 0 saturated carbocycles. The lowest BCUT2D eigenvalue weighted by atomic mass is 10.1. The highest BCUT2D eigenvalue weighted by Crippen LogP contribution is 2.34. The van der Waals surface area contributed by atoms with Crippen LogP contribution in [-0.2, 0) is 11.8 Å². The number of carbonyl (C=O) groups is 1. The smallest absolute Gasteiger partial charge is 0.248 e. The van der Waals surface area contributed by atoms with E-state index in [-0.39, 0.29) is 5.91 Å². The van der Waals surface area contributed by atoms with Crippen LogP contribution < -0.4 is 10.1 Å².